The third-order valence-corrected chi connectivity index (χ3v) is 10.4. The first-order valence-electron chi connectivity index (χ1n) is 12.8. The molecular weight excluding hydrogens is 506 g/mol. The Labute approximate surface area is 220 Å². The summed E-state index contributed by atoms with van der Waals surface area (Å²) in [5.41, 5.74) is 3.32. The van der Waals surface area contributed by atoms with Crippen molar-refractivity contribution in [2.75, 3.05) is 12.4 Å². The molecule has 0 unspecified atom stereocenters. The second-order valence-corrected chi connectivity index (χ2v) is 12.8. The molecule has 10 heteroatoms. The fraction of sp³-hybridized carbons (Fsp3) is 0.370. The Kier molecular flexibility index (Phi) is 6.34. The molecule has 8 nitrogen and oxygen atoms in total. The topological polar surface area (TPSA) is 97.2 Å². The van der Waals surface area contributed by atoms with Crippen LogP contribution in [0.25, 0.3) is 15.3 Å². The van der Waals surface area contributed by atoms with E-state index < -0.39 is 10.0 Å². The number of fused-ring (bicyclic) bond motifs is 2. The highest BCUT2D eigenvalue weighted by Crippen LogP contribution is 2.34. The van der Waals surface area contributed by atoms with E-state index in [0.717, 1.165) is 72.8 Å². The molecule has 1 N–H and O–H groups in total. The highest BCUT2D eigenvalue weighted by Gasteiger charge is 2.30. The lowest BCUT2D eigenvalue weighted by atomic mass is 9.96. The first-order chi connectivity index (χ1) is 17.9. The number of benzene rings is 2. The van der Waals surface area contributed by atoms with Gasteiger partial charge in [0, 0.05) is 24.2 Å². The van der Waals surface area contributed by atoms with Gasteiger partial charge in [0.15, 0.2) is 0 Å². The fourth-order valence-electron chi connectivity index (χ4n) is 5.37. The van der Waals surface area contributed by atoms with Gasteiger partial charge in [-0.1, -0.05) is 42.7 Å². The summed E-state index contributed by atoms with van der Waals surface area (Å²) in [7, 11) is -1.95. The highest BCUT2D eigenvalue weighted by molar-refractivity contribution is 7.89. The third kappa shape index (κ3) is 4.47. The molecule has 0 spiro atoms. The summed E-state index contributed by atoms with van der Waals surface area (Å²) >= 11 is 1.53. The molecule has 0 radical (unpaired) electrons. The van der Waals surface area contributed by atoms with Gasteiger partial charge in [-0.3, -0.25) is 4.79 Å². The predicted molar refractivity (Wildman–Crippen MR) is 145 cm³/mol. The van der Waals surface area contributed by atoms with Gasteiger partial charge in [-0.2, -0.15) is 14.1 Å². The van der Waals surface area contributed by atoms with Crippen molar-refractivity contribution in [2.45, 2.75) is 62.3 Å². The Hall–Kier alpha value is -3.08. The van der Waals surface area contributed by atoms with Crippen LogP contribution in [0.15, 0.2) is 53.4 Å². The van der Waals surface area contributed by atoms with E-state index in [0.29, 0.717) is 16.5 Å². The van der Waals surface area contributed by atoms with Crippen molar-refractivity contribution in [3.8, 4) is 5.13 Å². The lowest BCUT2D eigenvalue weighted by Gasteiger charge is -2.30. The van der Waals surface area contributed by atoms with Crippen LogP contribution in [-0.2, 0) is 22.9 Å². The van der Waals surface area contributed by atoms with Crippen LogP contribution in [0.1, 0.15) is 60.1 Å². The molecule has 1 saturated carbocycles. The smallest absolute Gasteiger partial charge is 0.256 e. The van der Waals surface area contributed by atoms with Gasteiger partial charge in [-0.25, -0.2) is 13.4 Å². The molecule has 0 aliphatic heterocycles. The largest absolute Gasteiger partial charge is 0.306 e. The number of para-hydroxylation sites is 1. The van der Waals surface area contributed by atoms with Crippen molar-refractivity contribution >= 4 is 43.3 Å². The second-order valence-electron chi connectivity index (χ2n) is 9.79. The van der Waals surface area contributed by atoms with Gasteiger partial charge in [0.05, 0.1) is 20.8 Å². The lowest BCUT2D eigenvalue weighted by molar-refractivity contribution is 0.102. The SMILES string of the molecule is CN(C1CCCCC1)S(=O)(=O)c1ccc(C(=O)Nc2c3c(nn2-c2nc4ccccc4s2)CCC3)cc1. The average molecular weight is 536 g/mol. The number of nitrogens with one attached hydrogen (secondary N) is 1. The summed E-state index contributed by atoms with van der Waals surface area (Å²) in [4.78, 5) is 18.2. The van der Waals surface area contributed by atoms with Crippen LogP contribution in [0.3, 0.4) is 0 Å². The minimum atomic E-state index is -3.61. The van der Waals surface area contributed by atoms with Crippen LogP contribution in [0.4, 0.5) is 5.82 Å². The number of sulfonamides is 1. The number of amides is 1. The Balaban J connectivity index is 1.26. The molecule has 2 aliphatic carbocycles. The van der Waals surface area contributed by atoms with Crippen LogP contribution in [-0.4, -0.2) is 46.5 Å². The van der Waals surface area contributed by atoms with Crippen molar-refractivity contribution < 1.29 is 13.2 Å². The first kappa shape index (κ1) is 24.3. The van der Waals surface area contributed by atoms with Gasteiger partial charge in [0.2, 0.25) is 15.2 Å². The molecule has 4 aromatic rings. The minimum absolute atomic E-state index is 0.0339. The summed E-state index contributed by atoms with van der Waals surface area (Å²) in [5.74, 6) is 0.340. The fourth-order valence-corrected chi connectivity index (χ4v) is 7.71. The van der Waals surface area contributed by atoms with E-state index in [1.54, 1.807) is 23.9 Å². The van der Waals surface area contributed by atoms with Crippen molar-refractivity contribution in [2.24, 2.45) is 0 Å². The zero-order valence-corrected chi connectivity index (χ0v) is 22.3. The lowest BCUT2D eigenvalue weighted by Crippen LogP contribution is -2.38. The van der Waals surface area contributed by atoms with Crippen molar-refractivity contribution in [1.29, 1.82) is 0 Å². The van der Waals surface area contributed by atoms with Gasteiger partial charge in [-0.15, -0.1) is 0 Å². The molecular formula is C27H29N5O3S2. The monoisotopic (exact) mass is 535 g/mol. The number of hydrogen-bond donors (Lipinski definition) is 1. The number of nitrogens with zero attached hydrogens (tertiary/aromatic N) is 4. The van der Waals surface area contributed by atoms with Crippen LogP contribution in [0, 0.1) is 0 Å². The maximum atomic E-state index is 13.3. The minimum Gasteiger partial charge on any atom is -0.306 e. The Morgan fingerprint density at radius 1 is 1.03 bits per heavy atom. The predicted octanol–water partition coefficient (Wildman–Crippen LogP) is 5.18. The van der Waals surface area contributed by atoms with Crippen LogP contribution in [0.5, 0.6) is 0 Å². The van der Waals surface area contributed by atoms with Crippen molar-refractivity contribution in [1.82, 2.24) is 19.1 Å². The average Bonchev–Trinajstić information content (AvgIpc) is 3.64. The Morgan fingerprint density at radius 2 is 1.78 bits per heavy atom. The normalized spacial score (nSPS) is 16.4. The molecule has 6 rings (SSSR count). The third-order valence-electron chi connectivity index (χ3n) is 7.49. The van der Waals surface area contributed by atoms with E-state index in [-0.39, 0.29) is 16.8 Å². The molecule has 2 aromatic carbocycles. The molecule has 0 bridgehead atoms. The quantitative estimate of drug-likeness (QED) is 0.367. The van der Waals surface area contributed by atoms with E-state index in [9.17, 15) is 13.2 Å². The zero-order chi connectivity index (χ0) is 25.6. The van der Waals surface area contributed by atoms with Crippen LogP contribution >= 0.6 is 11.3 Å². The Morgan fingerprint density at radius 3 is 2.54 bits per heavy atom. The molecule has 2 heterocycles. The summed E-state index contributed by atoms with van der Waals surface area (Å²) in [6.07, 6.45) is 7.78. The van der Waals surface area contributed by atoms with E-state index in [1.807, 2.05) is 24.3 Å². The van der Waals surface area contributed by atoms with Crippen molar-refractivity contribution in [3.63, 3.8) is 0 Å². The van der Waals surface area contributed by atoms with E-state index in [2.05, 4.69) is 5.32 Å². The molecule has 0 atom stereocenters. The number of carbonyl (C=O) groups excluding carboxylic acids is 1. The number of thiazole rings is 1. The number of aromatic nitrogens is 3. The summed E-state index contributed by atoms with van der Waals surface area (Å²) in [5, 5.41) is 8.54. The van der Waals surface area contributed by atoms with Gasteiger partial charge < -0.3 is 5.32 Å². The zero-order valence-electron chi connectivity index (χ0n) is 20.7. The number of hydrogen-bond acceptors (Lipinski definition) is 6. The molecule has 2 aromatic heterocycles. The standard InChI is InChI=1S/C27H29N5O3S2/c1-31(19-8-3-2-4-9-19)37(34,35)20-16-14-18(15-17-20)26(33)29-25-21-10-7-12-22(21)30-32(25)27-28-23-11-5-6-13-24(23)36-27/h5-6,11,13-17,19H,2-4,7-10,12H2,1H3,(H,29,33). The molecule has 1 amide bonds. The molecule has 2 aliphatic rings. The molecule has 192 valence electrons. The maximum Gasteiger partial charge on any atom is 0.256 e. The van der Waals surface area contributed by atoms with Crippen LogP contribution in [0.2, 0.25) is 0 Å². The van der Waals surface area contributed by atoms with E-state index in [4.69, 9.17) is 10.1 Å². The van der Waals surface area contributed by atoms with Gasteiger partial charge in [-0.05, 0) is 68.5 Å². The van der Waals surface area contributed by atoms with Gasteiger partial charge >= 0.3 is 0 Å². The number of carbonyl (C=O) groups is 1. The summed E-state index contributed by atoms with van der Waals surface area (Å²) in [6, 6.07) is 14.2. The molecule has 37 heavy (non-hydrogen) atoms. The highest BCUT2D eigenvalue weighted by atomic mass is 32.2. The maximum absolute atomic E-state index is 13.3. The first-order valence-corrected chi connectivity index (χ1v) is 15.0. The van der Waals surface area contributed by atoms with Crippen molar-refractivity contribution in [3.05, 3.63) is 65.4 Å². The number of aryl methyl sites for hydroxylation is 1. The van der Waals surface area contributed by atoms with Crippen LogP contribution < -0.4 is 5.32 Å². The van der Waals surface area contributed by atoms with E-state index in [1.165, 1.54) is 27.8 Å². The molecule has 0 saturated heterocycles. The summed E-state index contributed by atoms with van der Waals surface area (Å²) < 4.78 is 30.7. The van der Waals surface area contributed by atoms with Gasteiger partial charge in [0.1, 0.15) is 5.82 Å². The molecule has 1 fully saturated rings. The summed E-state index contributed by atoms with van der Waals surface area (Å²) in [6.45, 7) is 0. The second kappa shape index (κ2) is 9.66. The number of anilines is 1. The number of rotatable bonds is 6. The van der Waals surface area contributed by atoms with Gasteiger partial charge in [0.25, 0.3) is 5.91 Å². The van der Waals surface area contributed by atoms with E-state index >= 15 is 0 Å². The Bertz CT molecular complexity index is 1530.